The second-order valence-corrected chi connectivity index (χ2v) is 8.04. The lowest BCUT2D eigenvalue weighted by Gasteiger charge is -2.21. The Hall–Kier alpha value is -3.52. The summed E-state index contributed by atoms with van der Waals surface area (Å²) in [6, 6.07) is 14.8. The summed E-state index contributed by atoms with van der Waals surface area (Å²) in [6.45, 7) is 7.21. The number of thiazole rings is 1. The van der Waals surface area contributed by atoms with E-state index < -0.39 is 0 Å². The molecule has 0 aliphatic carbocycles. The predicted octanol–water partition coefficient (Wildman–Crippen LogP) is 5.93. The zero-order valence-corrected chi connectivity index (χ0v) is 19.7. The Morgan fingerprint density at radius 3 is 2.27 bits per heavy atom. The standard InChI is InChI=1S/C25H26N2O5S/c1-4-29-20-14-17(15-21(30-5-2)23(20)31-6-3)24(28)27(16-18-10-9-13-32-18)25-26-19-11-7-8-12-22(19)33-25/h7-15H,4-6,16H2,1-3H3. The highest BCUT2D eigenvalue weighted by atomic mass is 32.1. The quantitative estimate of drug-likeness (QED) is 0.288. The molecule has 0 saturated carbocycles. The van der Waals surface area contributed by atoms with Crippen molar-refractivity contribution in [3.63, 3.8) is 0 Å². The zero-order chi connectivity index (χ0) is 23.2. The Morgan fingerprint density at radius 2 is 1.67 bits per heavy atom. The first-order valence-corrected chi connectivity index (χ1v) is 11.7. The molecule has 2 heterocycles. The molecule has 2 aromatic heterocycles. The van der Waals surface area contributed by atoms with Gasteiger partial charge in [-0.1, -0.05) is 23.5 Å². The van der Waals surface area contributed by atoms with E-state index in [2.05, 4.69) is 0 Å². The molecule has 0 spiro atoms. The van der Waals surface area contributed by atoms with Crippen molar-refractivity contribution in [2.45, 2.75) is 27.3 Å². The summed E-state index contributed by atoms with van der Waals surface area (Å²) < 4.78 is 23.9. The maximum atomic E-state index is 13.8. The van der Waals surface area contributed by atoms with Crippen LogP contribution in [0.15, 0.2) is 59.2 Å². The Bertz CT molecular complexity index is 1160. The summed E-state index contributed by atoms with van der Waals surface area (Å²) in [5.41, 5.74) is 1.25. The molecule has 0 N–H and O–H groups in total. The van der Waals surface area contributed by atoms with E-state index in [-0.39, 0.29) is 12.5 Å². The Labute approximate surface area is 196 Å². The Morgan fingerprint density at radius 1 is 0.970 bits per heavy atom. The lowest BCUT2D eigenvalue weighted by atomic mass is 10.1. The minimum atomic E-state index is -0.240. The molecule has 33 heavy (non-hydrogen) atoms. The van der Waals surface area contributed by atoms with Gasteiger partial charge >= 0.3 is 0 Å². The van der Waals surface area contributed by atoms with Crippen molar-refractivity contribution in [1.82, 2.24) is 4.98 Å². The third-order valence-electron chi connectivity index (χ3n) is 4.81. The van der Waals surface area contributed by atoms with Crippen LogP contribution in [0.1, 0.15) is 36.9 Å². The van der Waals surface area contributed by atoms with Crippen LogP contribution < -0.4 is 19.1 Å². The van der Waals surface area contributed by atoms with Crippen LogP contribution in [0.25, 0.3) is 10.2 Å². The smallest absolute Gasteiger partial charge is 0.260 e. The van der Waals surface area contributed by atoms with Gasteiger partial charge in [0.2, 0.25) is 5.75 Å². The highest BCUT2D eigenvalue weighted by Gasteiger charge is 2.26. The summed E-state index contributed by atoms with van der Waals surface area (Å²) in [6.07, 6.45) is 1.59. The number of hydrogen-bond donors (Lipinski definition) is 0. The topological polar surface area (TPSA) is 74.0 Å². The molecule has 0 atom stereocenters. The molecule has 7 nitrogen and oxygen atoms in total. The van der Waals surface area contributed by atoms with E-state index >= 15 is 0 Å². The van der Waals surface area contributed by atoms with Gasteiger partial charge in [-0.25, -0.2) is 4.98 Å². The van der Waals surface area contributed by atoms with Gasteiger partial charge in [0.25, 0.3) is 5.91 Å². The van der Waals surface area contributed by atoms with Crippen LogP contribution in [-0.2, 0) is 6.54 Å². The van der Waals surface area contributed by atoms with Crippen LogP contribution in [0, 0.1) is 0 Å². The van der Waals surface area contributed by atoms with Gasteiger partial charge in [0.1, 0.15) is 5.76 Å². The fraction of sp³-hybridized carbons (Fsp3) is 0.280. The minimum absolute atomic E-state index is 0.240. The van der Waals surface area contributed by atoms with Crippen molar-refractivity contribution in [2.75, 3.05) is 24.7 Å². The van der Waals surface area contributed by atoms with E-state index in [1.165, 1.54) is 11.3 Å². The fourth-order valence-electron chi connectivity index (χ4n) is 3.43. The van der Waals surface area contributed by atoms with Crippen molar-refractivity contribution in [2.24, 2.45) is 0 Å². The number of furan rings is 1. The second kappa shape index (κ2) is 10.4. The number of anilines is 1. The van der Waals surface area contributed by atoms with Crippen LogP contribution in [0.5, 0.6) is 17.2 Å². The molecular formula is C25H26N2O5S. The van der Waals surface area contributed by atoms with Crippen molar-refractivity contribution in [3.8, 4) is 17.2 Å². The van der Waals surface area contributed by atoms with Crippen molar-refractivity contribution in [3.05, 3.63) is 66.1 Å². The number of rotatable bonds is 10. The molecule has 2 aromatic carbocycles. The summed E-state index contributed by atoms with van der Waals surface area (Å²) in [4.78, 5) is 20.1. The molecule has 4 aromatic rings. The molecule has 8 heteroatoms. The second-order valence-electron chi connectivity index (χ2n) is 7.04. The van der Waals surface area contributed by atoms with Gasteiger partial charge in [0.05, 0.1) is 42.8 Å². The van der Waals surface area contributed by atoms with Crippen molar-refractivity contribution < 1.29 is 23.4 Å². The number of nitrogens with zero attached hydrogens (tertiary/aromatic N) is 2. The van der Waals surface area contributed by atoms with E-state index in [4.69, 9.17) is 23.6 Å². The average Bonchev–Trinajstić information content (AvgIpc) is 3.49. The van der Waals surface area contributed by atoms with Gasteiger partial charge in [-0.2, -0.15) is 0 Å². The Balaban J connectivity index is 1.79. The summed E-state index contributed by atoms with van der Waals surface area (Å²) >= 11 is 1.46. The number of carbonyl (C=O) groups is 1. The van der Waals surface area contributed by atoms with E-state index in [1.807, 2.05) is 51.1 Å². The summed E-state index contributed by atoms with van der Waals surface area (Å²) in [5, 5.41) is 0.586. The number of carbonyl (C=O) groups excluding carboxylic acids is 1. The summed E-state index contributed by atoms with van der Waals surface area (Å²) in [5.74, 6) is 1.85. The molecule has 0 unspecified atom stereocenters. The number of fused-ring (bicyclic) bond motifs is 1. The normalized spacial score (nSPS) is 10.9. The highest BCUT2D eigenvalue weighted by Crippen LogP contribution is 2.40. The molecule has 0 saturated heterocycles. The first-order valence-electron chi connectivity index (χ1n) is 10.9. The Kier molecular flexibility index (Phi) is 7.14. The minimum Gasteiger partial charge on any atom is -0.490 e. The maximum absolute atomic E-state index is 13.8. The molecule has 0 aliphatic heterocycles. The van der Waals surface area contributed by atoms with Crippen molar-refractivity contribution in [1.29, 1.82) is 0 Å². The number of para-hydroxylation sites is 1. The van der Waals surface area contributed by atoms with Crippen LogP contribution in [0.2, 0.25) is 0 Å². The molecule has 0 fully saturated rings. The zero-order valence-electron chi connectivity index (χ0n) is 18.9. The van der Waals surface area contributed by atoms with Gasteiger partial charge in [-0.05, 0) is 57.2 Å². The molecule has 0 radical (unpaired) electrons. The van der Waals surface area contributed by atoms with Gasteiger partial charge < -0.3 is 18.6 Å². The largest absolute Gasteiger partial charge is 0.490 e. The number of ether oxygens (including phenoxy) is 3. The van der Waals surface area contributed by atoms with Crippen LogP contribution >= 0.6 is 11.3 Å². The molecule has 172 valence electrons. The fourth-order valence-corrected chi connectivity index (χ4v) is 4.39. The van der Waals surface area contributed by atoms with E-state index in [0.29, 0.717) is 53.5 Å². The van der Waals surface area contributed by atoms with Crippen LogP contribution in [0.3, 0.4) is 0 Å². The van der Waals surface area contributed by atoms with Gasteiger partial charge in [0, 0.05) is 5.56 Å². The SMILES string of the molecule is CCOc1cc(C(=O)N(Cc2ccco2)c2nc3ccccc3s2)cc(OCC)c1OCC. The van der Waals surface area contributed by atoms with E-state index in [0.717, 1.165) is 10.2 Å². The van der Waals surface area contributed by atoms with Gasteiger partial charge in [-0.15, -0.1) is 0 Å². The first kappa shape index (κ1) is 22.7. The third kappa shape index (κ3) is 4.96. The van der Waals surface area contributed by atoms with Crippen molar-refractivity contribution >= 4 is 32.6 Å². The third-order valence-corrected chi connectivity index (χ3v) is 5.87. The molecule has 0 bridgehead atoms. The predicted molar refractivity (Wildman–Crippen MR) is 129 cm³/mol. The molecule has 1 amide bonds. The lowest BCUT2D eigenvalue weighted by molar-refractivity contribution is 0.0982. The summed E-state index contributed by atoms with van der Waals surface area (Å²) in [7, 11) is 0. The molecular weight excluding hydrogens is 440 g/mol. The first-order chi connectivity index (χ1) is 16.1. The number of amides is 1. The van der Waals surface area contributed by atoms with E-state index in [1.54, 1.807) is 29.4 Å². The monoisotopic (exact) mass is 466 g/mol. The molecule has 0 aliphatic rings. The average molecular weight is 467 g/mol. The number of hydrogen-bond acceptors (Lipinski definition) is 7. The number of benzene rings is 2. The lowest BCUT2D eigenvalue weighted by Crippen LogP contribution is -2.30. The number of aromatic nitrogens is 1. The highest BCUT2D eigenvalue weighted by molar-refractivity contribution is 7.22. The van der Waals surface area contributed by atoms with E-state index in [9.17, 15) is 4.79 Å². The molecule has 4 rings (SSSR count). The van der Waals surface area contributed by atoms with Crippen LogP contribution in [0.4, 0.5) is 5.13 Å². The van der Waals surface area contributed by atoms with Gasteiger partial charge in [-0.3, -0.25) is 9.69 Å². The van der Waals surface area contributed by atoms with Crippen LogP contribution in [-0.4, -0.2) is 30.7 Å². The maximum Gasteiger partial charge on any atom is 0.260 e. The van der Waals surface area contributed by atoms with Gasteiger partial charge in [0.15, 0.2) is 16.6 Å².